The Labute approximate surface area is 190 Å². The summed E-state index contributed by atoms with van der Waals surface area (Å²) in [7, 11) is 3.86. The molecule has 31 heavy (non-hydrogen) atoms. The maximum absolute atomic E-state index is 6.19. The van der Waals surface area contributed by atoms with E-state index in [4.69, 9.17) is 26.4 Å². The number of aromatic nitrogens is 4. The maximum Gasteiger partial charge on any atom is 0.220 e. The summed E-state index contributed by atoms with van der Waals surface area (Å²) < 4.78 is 20.8. The van der Waals surface area contributed by atoms with E-state index >= 15 is 0 Å². The second-order valence-electron chi connectivity index (χ2n) is 8.05. The van der Waals surface area contributed by atoms with Crippen molar-refractivity contribution in [1.82, 2.24) is 24.4 Å². The first-order valence-corrected chi connectivity index (χ1v) is 11.5. The summed E-state index contributed by atoms with van der Waals surface area (Å²) in [6.07, 6.45) is 8.23. The molecule has 0 radical (unpaired) electrons. The van der Waals surface area contributed by atoms with Crippen LogP contribution in [0.5, 0.6) is 0 Å². The first-order valence-electron chi connectivity index (χ1n) is 9.89. The van der Waals surface area contributed by atoms with E-state index in [0.29, 0.717) is 21.4 Å². The van der Waals surface area contributed by atoms with Gasteiger partial charge in [0.25, 0.3) is 0 Å². The first-order chi connectivity index (χ1) is 14.7. The van der Waals surface area contributed by atoms with Gasteiger partial charge in [0.2, 0.25) is 4.38 Å². The average Bonchev–Trinajstić information content (AvgIpc) is 3.28. The minimum absolute atomic E-state index is 0.215. The standard InChI is InChI=1S/C20H26N6O3S2/c1-11(25(4)5)24-17-14-18(22-9-21-17)26(10-23-14)12-7-8-13-16(29-20(2,3)28-13)15(12)27-19(30)31-6/h7-10,12-13,15-16H,1-6H3/b24-11+/t12-,13-,15-,16-/m0/s1. The van der Waals surface area contributed by atoms with Crippen LogP contribution in [-0.4, -0.2) is 79.1 Å². The highest BCUT2D eigenvalue weighted by Gasteiger charge is 2.50. The lowest BCUT2D eigenvalue weighted by molar-refractivity contribution is -0.152. The molecule has 4 atom stereocenters. The van der Waals surface area contributed by atoms with Gasteiger partial charge >= 0.3 is 0 Å². The lowest BCUT2D eigenvalue weighted by Gasteiger charge is -2.34. The van der Waals surface area contributed by atoms with Crippen LogP contribution >= 0.6 is 24.0 Å². The largest absolute Gasteiger partial charge is 0.470 e. The Morgan fingerprint density at radius 2 is 2.03 bits per heavy atom. The van der Waals surface area contributed by atoms with Crippen LogP contribution in [0.2, 0.25) is 0 Å². The van der Waals surface area contributed by atoms with Crippen molar-refractivity contribution in [1.29, 1.82) is 0 Å². The summed E-state index contributed by atoms with van der Waals surface area (Å²) in [6, 6.07) is -0.240. The number of aliphatic imine (C=N–C) groups is 1. The molecule has 0 bridgehead atoms. The quantitative estimate of drug-likeness (QED) is 0.295. The molecular formula is C20H26N6O3S2. The number of nitrogens with zero attached hydrogens (tertiary/aromatic N) is 6. The number of thiocarbonyl (C=S) groups is 1. The Bertz CT molecular complexity index is 1050. The Morgan fingerprint density at radius 3 is 2.74 bits per heavy atom. The van der Waals surface area contributed by atoms with Crippen molar-refractivity contribution in [2.24, 2.45) is 4.99 Å². The topological polar surface area (TPSA) is 86.9 Å². The highest BCUT2D eigenvalue weighted by Crippen LogP contribution is 2.40. The zero-order chi connectivity index (χ0) is 22.3. The molecule has 0 amide bonds. The third-order valence-corrected chi connectivity index (χ3v) is 6.32. The van der Waals surface area contributed by atoms with E-state index in [1.807, 2.05) is 62.7 Å². The molecule has 2 aliphatic rings. The molecule has 1 saturated heterocycles. The van der Waals surface area contributed by atoms with Gasteiger partial charge in [-0.05, 0) is 39.2 Å². The fourth-order valence-corrected chi connectivity index (χ4v) is 4.01. The van der Waals surface area contributed by atoms with Gasteiger partial charge in [-0.1, -0.05) is 23.9 Å². The van der Waals surface area contributed by atoms with Crippen LogP contribution in [0.3, 0.4) is 0 Å². The summed E-state index contributed by atoms with van der Waals surface area (Å²) in [5, 5.41) is 0. The van der Waals surface area contributed by atoms with Crippen molar-refractivity contribution in [2.75, 3.05) is 20.4 Å². The molecule has 0 N–H and O–H groups in total. The third kappa shape index (κ3) is 4.32. The molecule has 4 rings (SSSR count). The molecule has 1 fully saturated rings. The van der Waals surface area contributed by atoms with Crippen LogP contribution in [0.4, 0.5) is 5.82 Å². The molecule has 0 saturated carbocycles. The first kappa shape index (κ1) is 22.1. The van der Waals surface area contributed by atoms with E-state index < -0.39 is 11.9 Å². The van der Waals surface area contributed by atoms with Gasteiger partial charge in [0.1, 0.15) is 24.4 Å². The number of hydrogen-bond acceptors (Lipinski definition) is 9. The molecule has 9 nitrogen and oxygen atoms in total. The number of amidine groups is 1. The van der Waals surface area contributed by atoms with Gasteiger partial charge in [-0.15, -0.1) is 0 Å². The summed E-state index contributed by atoms with van der Waals surface area (Å²) in [5.41, 5.74) is 1.28. The van der Waals surface area contributed by atoms with E-state index in [1.165, 1.54) is 18.1 Å². The van der Waals surface area contributed by atoms with Crippen molar-refractivity contribution in [2.45, 2.75) is 50.9 Å². The molecular weight excluding hydrogens is 436 g/mol. The Balaban J connectivity index is 1.76. The van der Waals surface area contributed by atoms with Gasteiger partial charge in [0.15, 0.2) is 28.9 Å². The zero-order valence-electron chi connectivity index (χ0n) is 18.3. The zero-order valence-corrected chi connectivity index (χ0v) is 20.0. The monoisotopic (exact) mass is 462 g/mol. The number of hydrogen-bond donors (Lipinski definition) is 0. The molecule has 0 unspecified atom stereocenters. The minimum atomic E-state index is -0.706. The van der Waals surface area contributed by atoms with E-state index in [0.717, 1.165) is 5.84 Å². The molecule has 2 aromatic rings. The molecule has 1 aliphatic heterocycles. The third-order valence-electron chi connectivity index (χ3n) is 5.30. The van der Waals surface area contributed by atoms with Gasteiger partial charge in [0, 0.05) is 14.1 Å². The molecule has 1 aliphatic carbocycles. The molecule has 0 aromatic carbocycles. The highest BCUT2D eigenvalue weighted by molar-refractivity contribution is 8.22. The van der Waals surface area contributed by atoms with E-state index in [-0.39, 0.29) is 18.2 Å². The summed E-state index contributed by atoms with van der Waals surface area (Å²) in [5.74, 6) is 0.633. The molecule has 166 valence electrons. The van der Waals surface area contributed by atoms with E-state index in [9.17, 15) is 0 Å². The second kappa shape index (κ2) is 8.45. The van der Waals surface area contributed by atoms with Crippen LogP contribution in [0.25, 0.3) is 11.2 Å². The highest BCUT2D eigenvalue weighted by atomic mass is 32.2. The SMILES string of the molecule is CSC(=S)O[C@@H]1[C@H]2OC(C)(C)O[C@H]2C=C[C@@H]1n1cnc2c(/N=C(\C)N(C)C)ncnc21. The number of imidazole rings is 1. The van der Waals surface area contributed by atoms with Gasteiger partial charge in [-0.25, -0.2) is 19.9 Å². The van der Waals surface area contributed by atoms with Crippen molar-refractivity contribution in [3.8, 4) is 0 Å². The van der Waals surface area contributed by atoms with Gasteiger partial charge < -0.3 is 23.7 Å². The summed E-state index contributed by atoms with van der Waals surface area (Å²) in [4.78, 5) is 19.9. The van der Waals surface area contributed by atoms with Crippen LogP contribution in [0, 0.1) is 0 Å². The van der Waals surface area contributed by atoms with E-state index in [1.54, 1.807) is 6.33 Å². The lowest BCUT2D eigenvalue weighted by Crippen LogP contribution is -2.45. The Morgan fingerprint density at radius 1 is 1.26 bits per heavy atom. The van der Waals surface area contributed by atoms with Crippen molar-refractivity contribution >= 4 is 51.2 Å². The van der Waals surface area contributed by atoms with Gasteiger partial charge in [0.05, 0.1) is 12.4 Å². The molecule has 0 spiro atoms. The predicted octanol–water partition coefficient (Wildman–Crippen LogP) is 3.10. The Kier molecular flexibility index (Phi) is 6.03. The van der Waals surface area contributed by atoms with Crippen molar-refractivity contribution < 1.29 is 14.2 Å². The second-order valence-corrected chi connectivity index (χ2v) is 9.46. The fourth-order valence-electron chi connectivity index (χ4n) is 3.69. The van der Waals surface area contributed by atoms with E-state index in [2.05, 4.69) is 19.9 Å². The molecule has 3 heterocycles. The summed E-state index contributed by atoms with van der Waals surface area (Å²) in [6.45, 7) is 5.71. The Hall–Kier alpha value is -2.08. The van der Waals surface area contributed by atoms with Crippen LogP contribution in [0.1, 0.15) is 26.8 Å². The van der Waals surface area contributed by atoms with Crippen LogP contribution in [0.15, 0.2) is 29.8 Å². The number of ether oxygens (including phenoxy) is 3. The van der Waals surface area contributed by atoms with Crippen LogP contribution < -0.4 is 0 Å². The van der Waals surface area contributed by atoms with Gasteiger partial charge in [-0.2, -0.15) is 0 Å². The number of rotatable bonds is 3. The maximum atomic E-state index is 6.19. The summed E-state index contributed by atoms with van der Waals surface area (Å²) >= 11 is 6.75. The number of fused-ring (bicyclic) bond motifs is 2. The van der Waals surface area contributed by atoms with Gasteiger partial charge in [-0.3, -0.25) is 0 Å². The lowest BCUT2D eigenvalue weighted by atomic mass is 9.94. The van der Waals surface area contributed by atoms with Crippen LogP contribution in [-0.2, 0) is 14.2 Å². The average molecular weight is 463 g/mol. The molecule has 2 aromatic heterocycles. The fraction of sp³-hybridized carbons (Fsp3) is 0.550. The smallest absolute Gasteiger partial charge is 0.220 e. The normalized spacial score (nSPS) is 27.4. The van der Waals surface area contributed by atoms with Crippen molar-refractivity contribution in [3.05, 3.63) is 24.8 Å². The predicted molar refractivity (Wildman–Crippen MR) is 125 cm³/mol. The molecule has 11 heteroatoms. The van der Waals surface area contributed by atoms with Crippen molar-refractivity contribution in [3.63, 3.8) is 0 Å². The minimum Gasteiger partial charge on any atom is -0.470 e. The number of thioether (sulfide) groups is 1.